The monoisotopic (exact) mass is 262 g/mol. The zero-order valence-corrected chi connectivity index (χ0v) is 11.0. The summed E-state index contributed by atoms with van der Waals surface area (Å²) >= 11 is 0. The number of benzene rings is 2. The Balaban J connectivity index is 2.03. The molecular weight excluding hydrogens is 246 g/mol. The molecule has 0 unspecified atom stereocenters. The fourth-order valence-corrected chi connectivity index (χ4v) is 1.78. The van der Waals surface area contributed by atoms with Crippen molar-refractivity contribution in [1.82, 2.24) is 0 Å². The first-order valence-corrected chi connectivity index (χ1v) is 6.12. The van der Waals surface area contributed by atoms with Gasteiger partial charge in [-0.3, -0.25) is 0 Å². The molecule has 19 heavy (non-hydrogen) atoms. The van der Waals surface area contributed by atoms with Crippen LogP contribution >= 0.6 is 0 Å². The van der Waals surface area contributed by atoms with Crippen molar-refractivity contribution < 1.29 is 13.5 Å². The maximum atomic E-state index is 13.0. The van der Waals surface area contributed by atoms with E-state index in [1.54, 1.807) is 12.1 Å². The van der Waals surface area contributed by atoms with Gasteiger partial charge in [-0.1, -0.05) is 24.3 Å². The number of alkyl halides is 2. The third kappa shape index (κ3) is 3.53. The molecule has 3 heteroatoms. The molecule has 0 fully saturated rings. The van der Waals surface area contributed by atoms with Crippen molar-refractivity contribution >= 4 is 0 Å². The van der Waals surface area contributed by atoms with Crippen molar-refractivity contribution in [3.63, 3.8) is 0 Å². The summed E-state index contributed by atoms with van der Waals surface area (Å²) in [5.74, 6) is -2.22. The first kappa shape index (κ1) is 13.5. The summed E-state index contributed by atoms with van der Waals surface area (Å²) in [5.41, 5.74) is 2.24. The smallest absolute Gasteiger partial charge is 0.270 e. The third-order valence-electron chi connectivity index (χ3n) is 3.02. The summed E-state index contributed by atoms with van der Waals surface area (Å²) < 4.78 is 31.7. The van der Waals surface area contributed by atoms with Gasteiger partial charge in [0.1, 0.15) is 12.4 Å². The van der Waals surface area contributed by atoms with E-state index in [9.17, 15) is 8.78 Å². The summed E-state index contributed by atoms with van der Waals surface area (Å²) in [6, 6.07) is 13.9. The molecular formula is C16H16F2O. The van der Waals surface area contributed by atoms with Crippen LogP contribution in [0.4, 0.5) is 8.78 Å². The molecule has 100 valence electrons. The summed E-state index contributed by atoms with van der Waals surface area (Å²) in [7, 11) is 0. The third-order valence-corrected chi connectivity index (χ3v) is 3.02. The van der Waals surface area contributed by atoms with Crippen molar-refractivity contribution in [3.05, 3.63) is 65.2 Å². The van der Waals surface area contributed by atoms with Gasteiger partial charge in [0.15, 0.2) is 0 Å². The summed E-state index contributed by atoms with van der Waals surface area (Å²) in [6.07, 6.45) is 0. The molecule has 0 aromatic heterocycles. The van der Waals surface area contributed by atoms with Gasteiger partial charge in [-0.2, -0.15) is 0 Å². The van der Waals surface area contributed by atoms with Crippen LogP contribution in [0.5, 0.6) is 5.75 Å². The molecule has 0 heterocycles. The van der Waals surface area contributed by atoms with Crippen LogP contribution in [0.3, 0.4) is 0 Å². The van der Waals surface area contributed by atoms with Crippen LogP contribution in [-0.2, 0) is 12.5 Å². The van der Waals surface area contributed by atoms with E-state index < -0.39 is 5.92 Å². The van der Waals surface area contributed by atoms with Crippen molar-refractivity contribution in [2.24, 2.45) is 0 Å². The Morgan fingerprint density at radius 1 is 1.00 bits per heavy atom. The standard InChI is InChI=1S/C16H16F2O/c1-12-5-3-4-6-13(12)11-19-15-9-7-14(8-10-15)16(2,17)18/h3-10H,11H2,1-2H3. The van der Waals surface area contributed by atoms with Gasteiger partial charge in [-0.15, -0.1) is 0 Å². The lowest BCUT2D eigenvalue weighted by molar-refractivity contribution is 0.0174. The minimum Gasteiger partial charge on any atom is -0.489 e. The predicted molar refractivity (Wildman–Crippen MR) is 71.5 cm³/mol. The second-order valence-corrected chi connectivity index (χ2v) is 4.63. The summed E-state index contributed by atoms with van der Waals surface area (Å²) in [5, 5.41) is 0. The molecule has 0 amide bonds. The van der Waals surface area contributed by atoms with Crippen LogP contribution in [0.1, 0.15) is 23.6 Å². The molecule has 2 aromatic rings. The fraction of sp³-hybridized carbons (Fsp3) is 0.250. The Morgan fingerprint density at radius 2 is 1.63 bits per heavy atom. The Bertz CT molecular complexity index is 541. The van der Waals surface area contributed by atoms with Crippen LogP contribution in [0.2, 0.25) is 0 Å². The Hall–Kier alpha value is -1.90. The predicted octanol–water partition coefficient (Wildman–Crippen LogP) is 4.69. The lowest BCUT2D eigenvalue weighted by Gasteiger charge is -2.12. The van der Waals surface area contributed by atoms with Crippen LogP contribution in [0.25, 0.3) is 0 Å². The van der Waals surface area contributed by atoms with Crippen molar-refractivity contribution in [3.8, 4) is 5.75 Å². The molecule has 2 rings (SSSR count). The van der Waals surface area contributed by atoms with Crippen molar-refractivity contribution in [2.45, 2.75) is 26.4 Å². The van der Waals surface area contributed by atoms with E-state index >= 15 is 0 Å². The van der Waals surface area contributed by atoms with Gasteiger partial charge in [0.25, 0.3) is 5.92 Å². The van der Waals surface area contributed by atoms with Crippen LogP contribution in [-0.4, -0.2) is 0 Å². The zero-order chi connectivity index (χ0) is 13.9. The van der Waals surface area contributed by atoms with Gasteiger partial charge in [0, 0.05) is 12.5 Å². The molecule has 0 aliphatic carbocycles. The molecule has 0 saturated heterocycles. The van der Waals surface area contributed by atoms with Gasteiger partial charge in [0.05, 0.1) is 0 Å². The summed E-state index contributed by atoms with van der Waals surface area (Å²) in [4.78, 5) is 0. The van der Waals surface area contributed by atoms with E-state index in [4.69, 9.17) is 4.74 Å². The molecule has 0 bridgehead atoms. The van der Waals surface area contributed by atoms with Gasteiger partial charge in [-0.25, -0.2) is 8.78 Å². The first-order valence-electron chi connectivity index (χ1n) is 6.12. The molecule has 0 radical (unpaired) electrons. The quantitative estimate of drug-likeness (QED) is 0.777. The lowest BCUT2D eigenvalue weighted by atomic mass is 10.1. The minimum atomic E-state index is -2.81. The minimum absolute atomic E-state index is 0.00394. The molecule has 0 spiro atoms. The van der Waals surface area contributed by atoms with E-state index in [2.05, 4.69) is 0 Å². The lowest BCUT2D eigenvalue weighted by Crippen LogP contribution is -2.06. The fourth-order valence-electron chi connectivity index (χ4n) is 1.78. The molecule has 0 aliphatic heterocycles. The normalized spacial score (nSPS) is 11.4. The highest BCUT2D eigenvalue weighted by Crippen LogP contribution is 2.28. The average molecular weight is 262 g/mol. The van der Waals surface area contributed by atoms with Gasteiger partial charge in [0.2, 0.25) is 0 Å². The molecule has 0 aliphatic rings. The van der Waals surface area contributed by atoms with E-state index in [0.29, 0.717) is 12.4 Å². The highest BCUT2D eigenvalue weighted by molar-refractivity contribution is 5.30. The number of halogens is 2. The number of rotatable bonds is 4. The Kier molecular flexibility index (Phi) is 3.84. The second kappa shape index (κ2) is 5.39. The molecule has 0 saturated carbocycles. The maximum Gasteiger partial charge on any atom is 0.270 e. The van der Waals surface area contributed by atoms with Gasteiger partial charge >= 0.3 is 0 Å². The van der Waals surface area contributed by atoms with Crippen LogP contribution < -0.4 is 4.74 Å². The first-order chi connectivity index (χ1) is 8.97. The van der Waals surface area contributed by atoms with Crippen LogP contribution in [0, 0.1) is 6.92 Å². The number of aryl methyl sites for hydroxylation is 1. The molecule has 0 atom stereocenters. The number of hydrogen-bond acceptors (Lipinski definition) is 1. The average Bonchev–Trinajstić information content (AvgIpc) is 2.37. The van der Waals surface area contributed by atoms with E-state index in [0.717, 1.165) is 18.1 Å². The van der Waals surface area contributed by atoms with E-state index in [-0.39, 0.29) is 5.56 Å². The van der Waals surface area contributed by atoms with Crippen molar-refractivity contribution in [1.29, 1.82) is 0 Å². The Labute approximate surface area is 111 Å². The summed E-state index contributed by atoms with van der Waals surface area (Å²) in [6.45, 7) is 3.34. The van der Waals surface area contributed by atoms with Gasteiger partial charge < -0.3 is 4.74 Å². The molecule has 2 aromatic carbocycles. The highest BCUT2D eigenvalue weighted by Gasteiger charge is 2.23. The van der Waals surface area contributed by atoms with E-state index in [1.807, 2.05) is 31.2 Å². The number of ether oxygens (including phenoxy) is 1. The second-order valence-electron chi connectivity index (χ2n) is 4.63. The topological polar surface area (TPSA) is 9.23 Å². The zero-order valence-electron chi connectivity index (χ0n) is 11.0. The SMILES string of the molecule is Cc1ccccc1COc1ccc(C(C)(F)F)cc1. The molecule has 1 nitrogen and oxygen atoms in total. The maximum absolute atomic E-state index is 13.0. The molecule has 0 N–H and O–H groups in total. The van der Waals surface area contributed by atoms with Crippen molar-refractivity contribution in [2.75, 3.05) is 0 Å². The number of hydrogen-bond donors (Lipinski definition) is 0. The highest BCUT2D eigenvalue weighted by atomic mass is 19.3. The Morgan fingerprint density at radius 3 is 2.21 bits per heavy atom. The van der Waals surface area contributed by atoms with Gasteiger partial charge in [-0.05, 0) is 42.3 Å². The largest absolute Gasteiger partial charge is 0.489 e. The van der Waals surface area contributed by atoms with Crippen LogP contribution in [0.15, 0.2) is 48.5 Å². The van der Waals surface area contributed by atoms with E-state index in [1.165, 1.54) is 12.1 Å².